The molecule has 0 spiro atoms. The van der Waals surface area contributed by atoms with Crippen LogP contribution in [-0.2, 0) is 9.53 Å². The van der Waals surface area contributed by atoms with Gasteiger partial charge in [-0.2, -0.15) is 0 Å². The first-order valence-electron chi connectivity index (χ1n) is 3.08. The molecule has 0 aromatic heterocycles. The highest BCUT2D eigenvalue weighted by Crippen LogP contribution is 1.80. The average Bonchev–Trinajstić information content (AvgIpc) is 1.87. The molecule has 1 N–H and O–H groups in total. The van der Waals surface area contributed by atoms with Crippen LogP contribution in [-0.4, -0.2) is 26.2 Å². The summed E-state index contributed by atoms with van der Waals surface area (Å²) >= 11 is 0. The third-order valence-electron chi connectivity index (χ3n) is 0.924. The molecule has 0 unspecified atom stereocenters. The van der Waals surface area contributed by atoms with Crippen molar-refractivity contribution in [1.29, 1.82) is 0 Å². The third-order valence-corrected chi connectivity index (χ3v) is 0.924. The minimum atomic E-state index is -0.249. The minimum absolute atomic E-state index is 0.249. The van der Waals surface area contributed by atoms with Crippen LogP contribution < -0.4 is 5.32 Å². The largest absolute Gasteiger partial charge is 0.468 e. The molecule has 0 amide bonds. The molecule has 0 aliphatic carbocycles. The van der Waals surface area contributed by atoms with Crippen LogP contribution in [0.15, 0.2) is 12.2 Å². The van der Waals surface area contributed by atoms with Crippen LogP contribution in [0, 0.1) is 0 Å². The summed E-state index contributed by atoms with van der Waals surface area (Å²) in [6, 6.07) is 0. The topological polar surface area (TPSA) is 38.3 Å². The van der Waals surface area contributed by atoms with Crippen LogP contribution >= 0.6 is 0 Å². The van der Waals surface area contributed by atoms with Crippen molar-refractivity contribution in [3.8, 4) is 0 Å². The Kier molecular flexibility index (Phi) is 4.58. The Balaban J connectivity index is 3.20. The Morgan fingerprint density at radius 3 is 2.60 bits per heavy atom. The molecule has 10 heavy (non-hydrogen) atoms. The molecule has 0 atom stereocenters. The van der Waals surface area contributed by atoms with E-state index in [1.807, 2.05) is 6.92 Å². The van der Waals surface area contributed by atoms with Gasteiger partial charge in [-0.1, -0.05) is 12.2 Å². The second-order valence-corrected chi connectivity index (χ2v) is 2.14. The maximum Gasteiger partial charge on any atom is 0.319 e. The monoisotopic (exact) mass is 143 g/mol. The van der Waals surface area contributed by atoms with E-state index in [9.17, 15) is 4.79 Å². The van der Waals surface area contributed by atoms with Gasteiger partial charge in [-0.05, 0) is 6.92 Å². The summed E-state index contributed by atoms with van der Waals surface area (Å²) in [5.41, 5.74) is 1.00. The molecule has 0 bridgehead atoms. The maximum absolute atomic E-state index is 10.5. The van der Waals surface area contributed by atoms with Crippen LogP contribution in [0.5, 0.6) is 0 Å². The molecule has 0 saturated carbocycles. The Morgan fingerprint density at radius 2 is 2.20 bits per heavy atom. The normalized spacial score (nSPS) is 9.00. The molecule has 0 rings (SSSR count). The van der Waals surface area contributed by atoms with E-state index < -0.39 is 0 Å². The lowest BCUT2D eigenvalue weighted by molar-refractivity contribution is -0.139. The standard InChI is InChI=1S/C7H13NO2/c1-6(2)4-8-5-7(9)10-3/h8H,1,4-5H2,2-3H3. The smallest absolute Gasteiger partial charge is 0.319 e. The van der Waals surface area contributed by atoms with Gasteiger partial charge in [0.05, 0.1) is 13.7 Å². The van der Waals surface area contributed by atoms with Crippen LogP contribution in [0.3, 0.4) is 0 Å². The van der Waals surface area contributed by atoms with Crippen LogP contribution in [0.25, 0.3) is 0 Å². The van der Waals surface area contributed by atoms with Crippen LogP contribution in [0.2, 0.25) is 0 Å². The minimum Gasteiger partial charge on any atom is -0.468 e. The summed E-state index contributed by atoms with van der Waals surface area (Å²) in [5, 5.41) is 2.86. The molecule has 0 aromatic carbocycles. The van der Waals surface area contributed by atoms with Crippen molar-refractivity contribution in [1.82, 2.24) is 5.32 Å². The number of methoxy groups -OCH3 is 1. The van der Waals surface area contributed by atoms with Gasteiger partial charge in [0.15, 0.2) is 0 Å². The highest BCUT2D eigenvalue weighted by atomic mass is 16.5. The second kappa shape index (κ2) is 4.99. The van der Waals surface area contributed by atoms with E-state index in [-0.39, 0.29) is 12.5 Å². The van der Waals surface area contributed by atoms with Crippen molar-refractivity contribution in [2.24, 2.45) is 0 Å². The summed E-state index contributed by atoms with van der Waals surface area (Å²) < 4.78 is 4.40. The van der Waals surface area contributed by atoms with Gasteiger partial charge >= 0.3 is 5.97 Å². The third kappa shape index (κ3) is 5.31. The number of carbonyl (C=O) groups excluding carboxylic acids is 1. The highest BCUT2D eigenvalue weighted by molar-refractivity contribution is 5.71. The predicted molar refractivity (Wildman–Crippen MR) is 39.7 cm³/mol. The molecular weight excluding hydrogens is 130 g/mol. The average molecular weight is 143 g/mol. The van der Waals surface area contributed by atoms with Gasteiger partial charge in [-0.25, -0.2) is 0 Å². The quantitative estimate of drug-likeness (QED) is 0.455. The van der Waals surface area contributed by atoms with Crippen molar-refractivity contribution in [3.05, 3.63) is 12.2 Å². The number of hydrogen-bond acceptors (Lipinski definition) is 3. The van der Waals surface area contributed by atoms with E-state index in [0.717, 1.165) is 5.57 Å². The number of nitrogens with one attached hydrogen (secondary N) is 1. The zero-order chi connectivity index (χ0) is 7.98. The zero-order valence-corrected chi connectivity index (χ0v) is 6.44. The number of ether oxygens (including phenoxy) is 1. The maximum atomic E-state index is 10.5. The highest BCUT2D eigenvalue weighted by Gasteiger charge is 1.96. The van der Waals surface area contributed by atoms with Gasteiger partial charge < -0.3 is 10.1 Å². The Bertz CT molecular complexity index is 132. The first-order valence-corrected chi connectivity index (χ1v) is 3.08. The molecular formula is C7H13NO2. The SMILES string of the molecule is C=C(C)CNCC(=O)OC. The van der Waals surface area contributed by atoms with Gasteiger partial charge in [0.2, 0.25) is 0 Å². The first-order chi connectivity index (χ1) is 4.66. The molecule has 0 aliphatic heterocycles. The molecule has 58 valence electrons. The lowest BCUT2D eigenvalue weighted by atomic mass is 10.3. The Labute approximate surface area is 61.1 Å². The Hall–Kier alpha value is -0.830. The van der Waals surface area contributed by atoms with Crippen molar-refractivity contribution < 1.29 is 9.53 Å². The van der Waals surface area contributed by atoms with Crippen molar-refractivity contribution in [3.63, 3.8) is 0 Å². The molecule has 3 heteroatoms. The summed E-state index contributed by atoms with van der Waals surface area (Å²) in [7, 11) is 1.37. The number of rotatable bonds is 4. The fourth-order valence-corrected chi connectivity index (χ4v) is 0.450. The fourth-order valence-electron chi connectivity index (χ4n) is 0.450. The van der Waals surface area contributed by atoms with Crippen LogP contribution in [0.4, 0.5) is 0 Å². The lowest BCUT2D eigenvalue weighted by Crippen LogP contribution is -2.25. The van der Waals surface area contributed by atoms with Crippen molar-refractivity contribution in [2.45, 2.75) is 6.92 Å². The van der Waals surface area contributed by atoms with Gasteiger partial charge in [-0.15, -0.1) is 0 Å². The zero-order valence-electron chi connectivity index (χ0n) is 6.44. The number of carbonyl (C=O) groups is 1. The molecule has 0 radical (unpaired) electrons. The van der Waals surface area contributed by atoms with Gasteiger partial charge in [-0.3, -0.25) is 4.79 Å². The Morgan fingerprint density at radius 1 is 1.60 bits per heavy atom. The van der Waals surface area contributed by atoms with E-state index in [2.05, 4.69) is 16.6 Å². The van der Waals surface area contributed by atoms with Gasteiger partial charge in [0, 0.05) is 6.54 Å². The van der Waals surface area contributed by atoms with Crippen molar-refractivity contribution in [2.75, 3.05) is 20.2 Å². The number of esters is 1. The number of hydrogen-bond donors (Lipinski definition) is 1. The van der Waals surface area contributed by atoms with Crippen molar-refractivity contribution >= 4 is 5.97 Å². The van der Waals surface area contributed by atoms with E-state index in [0.29, 0.717) is 6.54 Å². The van der Waals surface area contributed by atoms with E-state index in [4.69, 9.17) is 0 Å². The summed E-state index contributed by atoms with van der Waals surface area (Å²) in [5.74, 6) is -0.249. The molecule has 3 nitrogen and oxygen atoms in total. The second-order valence-electron chi connectivity index (χ2n) is 2.14. The summed E-state index contributed by atoms with van der Waals surface area (Å²) in [4.78, 5) is 10.5. The molecule has 0 aliphatic rings. The molecule has 0 saturated heterocycles. The van der Waals surface area contributed by atoms with Gasteiger partial charge in [0.1, 0.15) is 0 Å². The summed E-state index contributed by atoms with van der Waals surface area (Å²) in [6.45, 7) is 6.47. The van der Waals surface area contributed by atoms with E-state index in [1.54, 1.807) is 0 Å². The molecule has 0 aromatic rings. The van der Waals surface area contributed by atoms with Crippen LogP contribution in [0.1, 0.15) is 6.92 Å². The first kappa shape index (κ1) is 9.17. The summed E-state index contributed by atoms with van der Waals surface area (Å²) in [6.07, 6.45) is 0. The van der Waals surface area contributed by atoms with Gasteiger partial charge in [0.25, 0.3) is 0 Å². The lowest BCUT2D eigenvalue weighted by Gasteiger charge is -2.00. The molecule has 0 heterocycles. The predicted octanol–water partition coefficient (Wildman–Crippen LogP) is 0.325. The molecule has 0 fully saturated rings. The fraction of sp³-hybridized carbons (Fsp3) is 0.571. The van der Waals surface area contributed by atoms with E-state index in [1.165, 1.54) is 7.11 Å². The van der Waals surface area contributed by atoms with E-state index >= 15 is 0 Å².